The van der Waals surface area contributed by atoms with Gasteiger partial charge in [-0.25, -0.2) is 9.13 Å². The second-order valence-corrected chi connectivity index (χ2v) is 7.19. The van der Waals surface area contributed by atoms with Crippen molar-refractivity contribution in [3.05, 3.63) is 133 Å². The van der Waals surface area contributed by atoms with Crippen LogP contribution in [0.4, 0.5) is 0 Å². The molecule has 0 bridgehead atoms. The summed E-state index contributed by atoms with van der Waals surface area (Å²) in [5.41, 5.74) is 4.91. The first-order valence-electron chi connectivity index (χ1n) is 10.3. The number of hydrogen-bond acceptors (Lipinski definition) is 0. The quantitative estimate of drug-likeness (QED) is 0.271. The van der Waals surface area contributed by atoms with E-state index in [4.69, 9.17) is 0 Å². The van der Waals surface area contributed by atoms with E-state index >= 15 is 0 Å². The van der Waals surface area contributed by atoms with E-state index < -0.39 is 0 Å². The zero-order valence-electron chi connectivity index (χ0n) is 17.8. The van der Waals surface area contributed by atoms with Crippen molar-refractivity contribution in [2.45, 2.75) is 13.1 Å². The van der Waals surface area contributed by atoms with E-state index in [9.17, 15) is 0 Å². The van der Waals surface area contributed by atoms with E-state index in [1.165, 1.54) is 22.3 Å². The van der Waals surface area contributed by atoms with Crippen molar-refractivity contribution >= 4 is 12.2 Å². The van der Waals surface area contributed by atoms with Crippen LogP contribution in [0.5, 0.6) is 0 Å². The van der Waals surface area contributed by atoms with Crippen molar-refractivity contribution < 1.29 is 43.1 Å². The Balaban J connectivity index is 0.00000181. The predicted molar refractivity (Wildman–Crippen MR) is 123 cm³/mol. The van der Waals surface area contributed by atoms with Crippen LogP contribution in [0, 0.1) is 0 Å². The molecule has 0 amide bonds. The van der Waals surface area contributed by atoms with Crippen LogP contribution in [-0.2, 0) is 13.1 Å². The van der Waals surface area contributed by atoms with Gasteiger partial charge >= 0.3 is 0 Å². The molecule has 0 unspecified atom stereocenters. The van der Waals surface area contributed by atoms with Gasteiger partial charge in [0.25, 0.3) is 0 Å². The SMILES string of the molecule is C(=Cc1ccccc1)C[n+]1ccc(-c2cc[n+](CC=Cc3ccccc3)cc2)cc1.[Br-].[Br-]. The molecule has 2 nitrogen and oxygen atoms in total. The Kier molecular flexibility index (Phi) is 10.8. The highest BCUT2D eigenvalue weighted by Crippen LogP contribution is 2.15. The smallest absolute Gasteiger partial charge is 0.169 e. The highest BCUT2D eigenvalue weighted by atomic mass is 79.9. The van der Waals surface area contributed by atoms with Crippen molar-refractivity contribution in [1.82, 2.24) is 0 Å². The first kappa shape index (κ1) is 25.4. The van der Waals surface area contributed by atoms with Crippen LogP contribution in [0.1, 0.15) is 11.1 Å². The Morgan fingerprint density at radius 1 is 0.469 bits per heavy atom. The van der Waals surface area contributed by atoms with Gasteiger partial charge in [0.15, 0.2) is 37.9 Å². The number of allylic oxidation sites excluding steroid dienone is 2. The summed E-state index contributed by atoms with van der Waals surface area (Å²) in [6.07, 6.45) is 17.2. The molecule has 0 spiro atoms. The Morgan fingerprint density at radius 2 is 0.812 bits per heavy atom. The Morgan fingerprint density at radius 3 is 1.16 bits per heavy atom. The Labute approximate surface area is 211 Å². The molecule has 4 aromatic rings. The molecular weight excluding hydrogens is 524 g/mol. The largest absolute Gasteiger partial charge is 1.00 e. The van der Waals surface area contributed by atoms with E-state index in [0.717, 1.165) is 13.1 Å². The molecule has 0 atom stereocenters. The van der Waals surface area contributed by atoms with Crippen LogP contribution in [-0.4, -0.2) is 0 Å². The highest BCUT2D eigenvalue weighted by Gasteiger charge is 2.04. The van der Waals surface area contributed by atoms with Gasteiger partial charge < -0.3 is 34.0 Å². The number of rotatable bonds is 7. The fourth-order valence-corrected chi connectivity index (χ4v) is 3.29. The minimum Gasteiger partial charge on any atom is -1.00 e. The van der Waals surface area contributed by atoms with E-state index in [0.29, 0.717) is 0 Å². The standard InChI is InChI=1S/C28H26N2.2BrH/c1-3-9-25(10-4-1)13-7-19-29-21-15-27(16-22-29)28-17-23-30(24-18-28)20-8-14-26-11-5-2-6-12-26;;/h1-18,21-24H,19-20H2;2*1H/q+2;;/p-2. The molecule has 0 aliphatic heterocycles. The Hall–Kier alpha value is -2.82. The molecular formula is C28H26Br2N2. The zero-order valence-corrected chi connectivity index (χ0v) is 20.9. The predicted octanol–water partition coefficient (Wildman–Crippen LogP) is -0.637. The highest BCUT2D eigenvalue weighted by molar-refractivity contribution is 5.61. The second-order valence-electron chi connectivity index (χ2n) is 7.19. The molecule has 2 aromatic carbocycles. The maximum atomic E-state index is 2.18. The number of hydrogen-bond donors (Lipinski definition) is 0. The van der Waals surface area contributed by atoms with Gasteiger partial charge in [0.2, 0.25) is 0 Å². The zero-order chi connectivity index (χ0) is 20.4. The molecule has 2 aromatic heterocycles. The molecule has 0 fully saturated rings. The van der Waals surface area contributed by atoms with Crippen LogP contribution in [0.3, 0.4) is 0 Å². The van der Waals surface area contributed by atoms with Crippen LogP contribution < -0.4 is 43.1 Å². The summed E-state index contributed by atoms with van der Waals surface area (Å²) in [5.74, 6) is 0. The maximum absolute atomic E-state index is 2.18. The van der Waals surface area contributed by atoms with Crippen molar-refractivity contribution in [3.63, 3.8) is 0 Å². The van der Waals surface area contributed by atoms with Crippen molar-refractivity contribution in [2.75, 3.05) is 0 Å². The minimum absolute atomic E-state index is 0. The third-order valence-electron chi connectivity index (χ3n) is 4.97. The van der Waals surface area contributed by atoms with Gasteiger partial charge in [0, 0.05) is 24.3 Å². The van der Waals surface area contributed by atoms with E-state index in [2.05, 4.69) is 131 Å². The number of nitrogens with zero attached hydrogens (tertiary/aromatic N) is 2. The molecule has 32 heavy (non-hydrogen) atoms. The molecule has 2 heterocycles. The summed E-state index contributed by atoms with van der Waals surface area (Å²) in [5, 5.41) is 0. The molecule has 0 aliphatic carbocycles. The summed E-state index contributed by atoms with van der Waals surface area (Å²) in [4.78, 5) is 0. The minimum atomic E-state index is 0. The molecule has 0 aliphatic rings. The maximum Gasteiger partial charge on any atom is 0.169 e. The van der Waals surface area contributed by atoms with Gasteiger partial charge in [-0.2, -0.15) is 0 Å². The summed E-state index contributed by atoms with van der Waals surface area (Å²) in [7, 11) is 0. The summed E-state index contributed by atoms with van der Waals surface area (Å²) < 4.78 is 4.36. The average molecular weight is 550 g/mol. The van der Waals surface area contributed by atoms with Crippen LogP contribution in [0.15, 0.2) is 122 Å². The normalized spacial score (nSPS) is 10.6. The fourth-order valence-electron chi connectivity index (χ4n) is 3.29. The molecule has 4 heteroatoms. The number of aromatic nitrogens is 2. The fraction of sp³-hybridized carbons (Fsp3) is 0.0714. The topological polar surface area (TPSA) is 7.76 Å². The first-order valence-corrected chi connectivity index (χ1v) is 10.3. The first-order chi connectivity index (χ1) is 14.9. The average Bonchev–Trinajstić information content (AvgIpc) is 2.82. The third-order valence-corrected chi connectivity index (χ3v) is 4.97. The van der Waals surface area contributed by atoms with E-state index in [-0.39, 0.29) is 34.0 Å². The van der Waals surface area contributed by atoms with E-state index in [1.54, 1.807) is 0 Å². The lowest BCUT2D eigenvalue weighted by Gasteiger charge is -2.00. The second kappa shape index (κ2) is 13.6. The van der Waals surface area contributed by atoms with Crippen LogP contribution in [0.2, 0.25) is 0 Å². The molecule has 162 valence electrons. The number of pyridine rings is 2. The van der Waals surface area contributed by atoms with Gasteiger partial charge in [-0.15, -0.1) is 0 Å². The lowest BCUT2D eigenvalue weighted by atomic mass is 10.1. The van der Waals surface area contributed by atoms with Crippen molar-refractivity contribution in [2.24, 2.45) is 0 Å². The molecule has 0 saturated carbocycles. The van der Waals surface area contributed by atoms with Crippen molar-refractivity contribution in [1.29, 1.82) is 0 Å². The summed E-state index contributed by atoms with van der Waals surface area (Å²) >= 11 is 0. The summed E-state index contributed by atoms with van der Waals surface area (Å²) in [6.45, 7) is 1.72. The van der Waals surface area contributed by atoms with E-state index in [1.807, 2.05) is 12.1 Å². The van der Waals surface area contributed by atoms with Crippen molar-refractivity contribution in [3.8, 4) is 11.1 Å². The lowest BCUT2D eigenvalue weighted by Crippen LogP contribution is -3.00. The van der Waals surface area contributed by atoms with Gasteiger partial charge in [0.1, 0.15) is 0 Å². The number of halogens is 2. The summed E-state index contributed by atoms with van der Waals surface area (Å²) in [6, 6.07) is 29.5. The number of benzene rings is 2. The lowest BCUT2D eigenvalue weighted by molar-refractivity contribution is -0.687. The van der Waals surface area contributed by atoms with Gasteiger partial charge in [-0.1, -0.05) is 72.8 Å². The molecule has 0 saturated heterocycles. The van der Waals surface area contributed by atoms with Gasteiger partial charge in [-0.05, 0) is 34.4 Å². The monoisotopic (exact) mass is 548 g/mol. The Bertz CT molecular complexity index is 1010. The molecule has 0 radical (unpaired) electrons. The molecule has 0 N–H and O–H groups in total. The van der Waals surface area contributed by atoms with Gasteiger partial charge in [0.05, 0.1) is 0 Å². The van der Waals surface area contributed by atoms with Crippen LogP contribution in [0.25, 0.3) is 23.3 Å². The van der Waals surface area contributed by atoms with Crippen LogP contribution >= 0.6 is 0 Å². The molecule has 4 rings (SSSR count). The van der Waals surface area contributed by atoms with Gasteiger partial charge in [-0.3, -0.25) is 0 Å². The third kappa shape index (κ3) is 7.70.